The minimum absolute atomic E-state index is 0.0174. The van der Waals surface area contributed by atoms with Crippen LogP contribution in [0.4, 0.5) is 0 Å². The molecule has 0 radical (unpaired) electrons. The molecule has 2 fully saturated rings. The Bertz CT molecular complexity index is 458. The zero-order valence-electron chi connectivity index (χ0n) is 14.4. The predicted octanol–water partition coefficient (Wildman–Crippen LogP) is 3.31. The van der Waals surface area contributed by atoms with Crippen molar-refractivity contribution in [1.82, 2.24) is 0 Å². The van der Waals surface area contributed by atoms with Crippen LogP contribution in [0, 0.1) is 22.2 Å². The summed E-state index contributed by atoms with van der Waals surface area (Å²) in [6.45, 7) is 0.527. The summed E-state index contributed by atoms with van der Waals surface area (Å²) >= 11 is 0. The second-order valence-electron chi connectivity index (χ2n) is 7.36. The Morgan fingerprint density at radius 2 is 1.33 bits per heavy atom. The summed E-state index contributed by atoms with van der Waals surface area (Å²) in [5, 5.41) is 26.2. The lowest BCUT2D eigenvalue weighted by molar-refractivity contribution is -0.140. The van der Waals surface area contributed by atoms with Crippen LogP contribution >= 0.6 is 0 Å². The Morgan fingerprint density at radius 3 is 1.71 bits per heavy atom. The third kappa shape index (κ3) is 6.48. The average Bonchev–Trinajstić information content (AvgIpc) is 2.56. The molecule has 6 heteroatoms. The number of hydrogen-bond acceptors (Lipinski definition) is 4. The monoisotopic (exact) mass is 338 g/mol. The van der Waals surface area contributed by atoms with E-state index in [1.807, 2.05) is 0 Å². The lowest BCUT2D eigenvalue weighted by atomic mass is 9.72. The van der Waals surface area contributed by atoms with Gasteiger partial charge in [0.25, 0.3) is 0 Å². The number of rotatable bonds is 5. The van der Waals surface area contributed by atoms with Crippen LogP contribution in [0.5, 0.6) is 0 Å². The summed E-state index contributed by atoms with van der Waals surface area (Å²) in [7, 11) is 0. The van der Waals surface area contributed by atoms with Crippen LogP contribution in [0.3, 0.4) is 0 Å². The number of nitrogens with two attached hydrogens (primary N) is 1. The van der Waals surface area contributed by atoms with Gasteiger partial charge in [-0.05, 0) is 37.6 Å². The molecule has 0 aromatic carbocycles. The van der Waals surface area contributed by atoms with Crippen LogP contribution in [-0.2, 0) is 9.59 Å². The third-order valence-corrected chi connectivity index (χ3v) is 5.41. The first-order valence-corrected chi connectivity index (χ1v) is 8.92. The molecule has 0 amide bonds. The Morgan fingerprint density at radius 1 is 0.875 bits per heavy atom. The molecule has 24 heavy (non-hydrogen) atoms. The molecular formula is C18H30N2O4. The summed E-state index contributed by atoms with van der Waals surface area (Å²) in [4.78, 5) is 21.1. The Balaban J connectivity index is 0.000000240. The zero-order valence-corrected chi connectivity index (χ0v) is 14.4. The topological polar surface area (TPSA) is 124 Å². The fourth-order valence-electron chi connectivity index (χ4n) is 3.92. The van der Waals surface area contributed by atoms with Gasteiger partial charge in [0.2, 0.25) is 0 Å². The lowest BCUT2D eigenvalue weighted by Gasteiger charge is -2.34. The number of nitrogens with zero attached hydrogens (tertiary/aromatic N) is 1. The van der Waals surface area contributed by atoms with Crippen molar-refractivity contribution in [3.05, 3.63) is 0 Å². The first kappa shape index (κ1) is 20.4. The van der Waals surface area contributed by atoms with Crippen molar-refractivity contribution in [1.29, 1.82) is 5.26 Å². The van der Waals surface area contributed by atoms with Crippen LogP contribution in [0.15, 0.2) is 0 Å². The number of carboxylic acid groups (broad SMARTS) is 2. The Labute approximate surface area is 144 Å². The third-order valence-electron chi connectivity index (χ3n) is 5.41. The van der Waals surface area contributed by atoms with E-state index in [1.54, 1.807) is 0 Å². The van der Waals surface area contributed by atoms with Gasteiger partial charge in [-0.2, -0.15) is 5.26 Å². The number of hydrogen-bond donors (Lipinski definition) is 3. The van der Waals surface area contributed by atoms with Gasteiger partial charge in [0.1, 0.15) is 0 Å². The summed E-state index contributed by atoms with van der Waals surface area (Å²) in [6.07, 6.45) is 10.4. The molecule has 2 aliphatic carbocycles. The molecule has 0 aromatic heterocycles. The average molecular weight is 338 g/mol. The molecule has 0 aliphatic heterocycles. The quantitative estimate of drug-likeness (QED) is 0.706. The summed E-state index contributed by atoms with van der Waals surface area (Å²) in [6, 6.07) is 2.17. The van der Waals surface area contributed by atoms with E-state index in [9.17, 15) is 9.59 Å². The van der Waals surface area contributed by atoms with E-state index in [0.29, 0.717) is 6.54 Å². The highest BCUT2D eigenvalue weighted by Crippen LogP contribution is 2.39. The second-order valence-corrected chi connectivity index (χ2v) is 7.36. The van der Waals surface area contributed by atoms with E-state index in [-0.39, 0.29) is 18.3 Å². The summed E-state index contributed by atoms with van der Waals surface area (Å²) < 4.78 is 0. The van der Waals surface area contributed by atoms with Gasteiger partial charge in [0.15, 0.2) is 0 Å². The van der Waals surface area contributed by atoms with Crippen molar-refractivity contribution in [3.63, 3.8) is 0 Å². The van der Waals surface area contributed by atoms with Crippen LogP contribution in [0.2, 0.25) is 0 Å². The normalized spacial score (nSPS) is 21.7. The minimum Gasteiger partial charge on any atom is -0.481 e. The van der Waals surface area contributed by atoms with Crippen molar-refractivity contribution in [2.75, 3.05) is 6.54 Å². The maximum Gasteiger partial charge on any atom is 0.304 e. The van der Waals surface area contributed by atoms with Gasteiger partial charge >= 0.3 is 11.9 Å². The fraction of sp³-hybridized carbons (Fsp3) is 0.833. The van der Waals surface area contributed by atoms with E-state index in [1.165, 1.54) is 6.42 Å². The first-order chi connectivity index (χ1) is 11.4. The van der Waals surface area contributed by atoms with Gasteiger partial charge in [-0.3, -0.25) is 9.59 Å². The molecule has 2 aliphatic rings. The number of aliphatic carboxylic acids is 2. The zero-order chi connectivity index (χ0) is 18.1. The molecule has 0 bridgehead atoms. The first-order valence-electron chi connectivity index (χ1n) is 8.92. The molecular weight excluding hydrogens is 308 g/mol. The van der Waals surface area contributed by atoms with Gasteiger partial charge in [-0.25, -0.2) is 0 Å². The molecule has 0 saturated heterocycles. The Hall–Kier alpha value is -1.61. The van der Waals surface area contributed by atoms with Crippen LogP contribution < -0.4 is 5.73 Å². The van der Waals surface area contributed by atoms with Gasteiger partial charge in [-0.15, -0.1) is 0 Å². The molecule has 0 atom stereocenters. The summed E-state index contributed by atoms with van der Waals surface area (Å²) in [5.74, 6) is -1.55. The van der Waals surface area contributed by atoms with Gasteiger partial charge in [0.05, 0.1) is 24.3 Å². The number of nitriles is 1. The van der Waals surface area contributed by atoms with Gasteiger partial charge < -0.3 is 15.9 Å². The van der Waals surface area contributed by atoms with Crippen molar-refractivity contribution in [3.8, 4) is 6.07 Å². The molecule has 0 aromatic rings. The molecule has 2 saturated carbocycles. The molecule has 0 spiro atoms. The fourth-order valence-corrected chi connectivity index (χ4v) is 3.92. The molecule has 0 heterocycles. The van der Waals surface area contributed by atoms with Crippen LogP contribution in [-0.4, -0.2) is 28.7 Å². The summed E-state index contributed by atoms with van der Waals surface area (Å²) in [5.41, 5.74) is 4.99. The van der Waals surface area contributed by atoms with Crippen molar-refractivity contribution in [2.24, 2.45) is 16.6 Å². The number of carbonyl (C=O) groups is 2. The van der Waals surface area contributed by atoms with E-state index in [2.05, 4.69) is 6.07 Å². The standard InChI is InChI=1S/C9H17NO2.C9H13NO2/c2*10-7-9(6-8(11)12)4-2-1-3-5-9/h1-7,10H2,(H,11,12);1-6H2,(H,11,12). The van der Waals surface area contributed by atoms with Crippen LogP contribution in [0.1, 0.15) is 77.0 Å². The van der Waals surface area contributed by atoms with Crippen molar-refractivity contribution < 1.29 is 19.8 Å². The molecule has 6 nitrogen and oxygen atoms in total. The Kier molecular flexibility index (Phi) is 8.20. The minimum atomic E-state index is -0.849. The van der Waals surface area contributed by atoms with E-state index in [0.717, 1.165) is 57.8 Å². The van der Waals surface area contributed by atoms with Gasteiger partial charge in [-0.1, -0.05) is 38.5 Å². The second kappa shape index (κ2) is 9.63. The highest BCUT2D eigenvalue weighted by atomic mass is 16.4. The van der Waals surface area contributed by atoms with E-state index >= 15 is 0 Å². The SMILES string of the molecule is N#CC1(CC(=O)O)CCCCC1.NCC1(CC(=O)O)CCCCC1. The molecule has 136 valence electrons. The molecule has 0 unspecified atom stereocenters. The van der Waals surface area contributed by atoms with E-state index in [4.69, 9.17) is 21.2 Å². The van der Waals surface area contributed by atoms with Crippen LogP contribution in [0.25, 0.3) is 0 Å². The van der Waals surface area contributed by atoms with Crippen molar-refractivity contribution >= 4 is 11.9 Å². The maximum absolute atomic E-state index is 10.6. The maximum atomic E-state index is 10.6. The highest BCUT2D eigenvalue weighted by molar-refractivity contribution is 5.68. The highest BCUT2D eigenvalue weighted by Gasteiger charge is 2.34. The van der Waals surface area contributed by atoms with E-state index < -0.39 is 17.4 Å². The van der Waals surface area contributed by atoms with Crippen molar-refractivity contribution in [2.45, 2.75) is 77.0 Å². The predicted molar refractivity (Wildman–Crippen MR) is 90.2 cm³/mol. The largest absolute Gasteiger partial charge is 0.481 e. The number of carboxylic acids is 2. The lowest BCUT2D eigenvalue weighted by Crippen LogP contribution is -2.34. The smallest absolute Gasteiger partial charge is 0.304 e. The molecule has 4 N–H and O–H groups in total. The molecule has 2 rings (SSSR count). The van der Waals surface area contributed by atoms with Gasteiger partial charge in [0, 0.05) is 0 Å².